The molecular weight excluding hydrogens is 364 g/mol. The van der Waals surface area contributed by atoms with Crippen molar-refractivity contribution in [3.8, 4) is 5.75 Å². The van der Waals surface area contributed by atoms with Crippen molar-refractivity contribution in [3.05, 3.63) is 51.1 Å². The third-order valence-corrected chi connectivity index (χ3v) is 5.62. The van der Waals surface area contributed by atoms with Gasteiger partial charge in [0, 0.05) is 17.3 Å². The maximum atomic E-state index is 12.4. The summed E-state index contributed by atoms with van der Waals surface area (Å²) in [5.41, 5.74) is 0.836. The van der Waals surface area contributed by atoms with Gasteiger partial charge in [-0.3, -0.25) is 9.36 Å². The van der Waals surface area contributed by atoms with Crippen LogP contribution in [0, 0.1) is 0 Å². The lowest BCUT2D eigenvalue weighted by atomic mass is 10.3. The number of aromatic nitrogens is 2. The first kappa shape index (κ1) is 17.3. The molecule has 24 heavy (non-hydrogen) atoms. The topological polar surface area (TPSA) is 44.1 Å². The maximum absolute atomic E-state index is 12.4. The number of thioether (sulfide) groups is 1. The summed E-state index contributed by atoms with van der Waals surface area (Å²) in [5, 5.41) is 3.35. The van der Waals surface area contributed by atoms with Crippen LogP contribution in [-0.4, -0.2) is 21.9 Å². The van der Waals surface area contributed by atoms with Gasteiger partial charge in [0.15, 0.2) is 5.16 Å². The molecule has 2 aromatic heterocycles. The Morgan fingerprint density at radius 3 is 3.04 bits per heavy atom. The van der Waals surface area contributed by atoms with Gasteiger partial charge in [-0.1, -0.05) is 29.4 Å². The van der Waals surface area contributed by atoms with Gasteiger partial charge in [-0.25, -0.2) is 4.98 Å². The van der Waals surface area contributed by atoms with Crippen LogP contribution in [-0.2, 0) is 6.54 Å². The van der Waals surface area contributed by atoms with Crippen LogP contribution in [0.4, 0.5) is 0 Å². The van der Waals surface area contributed by atoms with Crippen molar-refractivity contribution >= 4 is 44.9 Å². The predicted molar refractivity (Wildman–Crippen MR) is 102 cm³/mol. The summed E-state index contributed by atoms with van der Waals surface area (Å²) < 4.78 is 8.14. The van der Waals surface area contributed by atoms with Crippen molar-refractivity contribution in [2.24, 2.45) is 0 Å². The lowest BCUT2D eigenvalue weighted by Crippen LogP contribution is -2.21. The third kappa shape index (κ3) is 3.94. The molecule has 0 amide bonds. The zero-order valence-corrected chi connectivity index (χ0v) is 15.6. The molecule has 0 fully saturated rings. The van der Waals surface area contributed by atoms with Gasteiger partial charge in [0.1, 0.15) is 10.4 Å². The number of ether oxygens (including phenoxy) is 1. The van der Waals surface area contributed by atoms with E-state index in [1.165, 1.54) is 11.3 Å². The molecular formula is C17H17ClN2O2S2. The van der Waals surface area contributed by atoms with Crippen molar-refractivity contribution in [3.63, 3.8) is 0 Å². The second-order valence-corrected chi connectivity index (χ2v) is 7.50. The Balaban J connectivity index is 1.58. The van der Waals surface area contributed by atoms with Gasteiger partial charge in [-0.2, -0.15) is 0 Å². The van der Waals surface area contributed by atoms with Crippen molar-refractivity contribution in [2.75, 3.05) is 12.4 Å². The molecule has 2 heterocycles. The average Bonchev–Trinajstić information content (AvgIpc) is 3.03. The minimum atomic E-state index is 0.0511. The quantitative estimate of drug-likeness (QED) is 0.339. The van der Waals surface area contributed by atoms with E-state index in [1.807, 2.05) is 36.6 Å². The second kappa shape index (κ2) is 8.05. The Morgan fingerprint density at radius 1 is 1.38 bits per heavy atom. The monoisotopic (exact) mass is 380 g/mol. The Labute approximate surface area is 153 Å². The van der Waals surface area contributed by atoms with Gasteiger partial charge in [0.25, 0.3) is 5.56 Å². The number of benzene rings is 1. The van der Waals surface area contributed by atoms with Crippen LogP contribution in [0.15, 0.2) is 45.7 Å². The minimum Gasteiger partial charge on any atom is -0.494 e. The largest absolute Gasteiger partial charge is 0.494 e. The number of hydrogen-bond donors (Lipinski definition) is 0. The molecule has 3 rings (SSSR count). The third-order valence-electron chi connectivity index (χ3n) is 3.43. The SMILES string of the molecule is CCn1c(SCCCOc2cccc(Cl)c2)nc2ccsc2c1=O. The Bertz CT molecular complexity index is 892. The molecule has 0 unspecified atom stereocenters. The fraction of sp³-hybridized carbons (Fsp3) is 0.294. The number of fused-ring (bicyclic) bond motifs is 1. The summed E-state index contributed by atoms with van der Waals surface area (Å²) in [6, 6.07) is 9.27. The Morgan fingerprint density at radius 2 is 2.25 bits per heavy atom. The average molecular weight is 381 g/mol. The van der Waals surface area contributed by atoms with Crippen LogP contribution in [0.2, 0.25) is 5.02 Å². The first-order valence-corrected chi connectivity index (χ1v) is 9.92. The van der Waals surface area contributed by atoms with Gasteiger partial charge < -0.3 is 4.74 Å². The van der Waals surface area contributed by atoms with Crippen molar-refractivity contribution < 1.29 is 4.74 Å². The standard InChI is InChI=1S/C17H17ClN2O2S2/c1-2-20-16(21)15-14(7-10-23-15)19-17(20)24-9-4-8-22-13-6-3-5-12(18)11-13/h3,5-7,10-11H,2,4,8-9H2,1H3. The van der Waals surface area contributed by atoms with Crippen LogP contribution in [0.3, 0.4) is 0 Å². The molecule has 7 heteroatoms. The smallest absolute Gasteiger partial charge is 0.272 e. The van der Waals surface area contributed by atoms with Gasteiger partial charge >= 0.3 is 0 Å². The fourth-order valence-corrected chi connectivity index (χ4v) is 4.22. The molecule has 0 atom stereocenters. The molecule has 126 valence electrons. The summed E-state index contributed by atoms with van der Waals surface area (Å²) in [5.74, 6) is 1.61. The molecule has 0 aliphatic heterocycles. The molecule has 0 N–H and O–H groups in total. The molecule has 0 bridgehead atoms. The van der Waals surface area contributed by atoms with Crippen LogP contribution >= 0.6 is 34.7 Å². The highest BCUT2D eigenvalue weighted by Gasteiger charge is 2.11. The Kier molecular flexibility index (Phi) is 5.81. The highest BCUT2D eigenvalue weighted by Crippen LogP contribution is 2.22. The van der Waals surface area contributed by atoms with Gasteiger partial charge in [-0.15, -0.1) is 11.3 Å². The highest BCUT2D eigenvalue weighted by molar-refractivity contribution is 7.99. The first-order chi connectivity index (χ1) is 11.7. The molecule has 3 aromatic rings. The van der Waals surface area contributed by atoms with E-state index in [1.54, 1.807) is 22.4 Å². The molecule has 1 aromatic carbocycles. The van der Waals surface area contributed by atoms with Crippen LogP contribution in [0.25, 0.3) is 10.2 Å². The number of halogens is 1. The van der Waals surface area contributed by atoms with E-state index in [-0.39, 0.29) is 5.56 Å². The van der Waals surface area contributed by atoms with Crippen molar-refractivity contribution in [1.82, 2.24) is 9.55 Å². The number of nitrogens with zero attached hydrogens (tertiary/aromatic N) is 2. The van der Waals surface area contributed by atoms with Crippen LogP contribution in [0.1, 0.15) is 13.3 Å². The summed E-state index contributed by atoms with van der Waals surface area (Å²) in [6.07, 6.45) is 0.860. The number of hydrogen-bond acceptors (Lipinski definition) is 5. The molecule has 0 aliphatic rings. The first-order valence-electron chi connectivity index (χ1n) is 7.68. The predicted octanol–water partition coefficient (Wildman–Crippen LogP) is 4.69. The highest BCUT2D eigenvalue weighted by atomic mass is 35.5. The minimum absolute atomic E-state index is 0.0511. The van der Waals surface area contributed by atoms with Gasteiger partial charge in [-0.05, 0) is 43.0 Å². The second-order valence-electron chi connectivity index (χ2n) is 5.09. The van der Waals surface area contributed by atoms with Gasteiger partial charge in [0.2, 0.25) is 0 Å². The van der Waals surface area contributed by atoms with E-state index in [0.717, 1.165) is 33.3 Å². The number of rotatable bonds is 7. The summed E-state index contributed by atoms with van der Waals surface area (Å²) in [4.78, 5) is 17.0. The van der Waals surface area contributed by atoms with Crippen molar-refractivity contribution in [2.45, 2.75) is 25.0 Å². The lowest BCUT2D eigenvalue weighted by molar-refractivity contribution is 0.318. The molecule has 0 radical (unpaired) electrons. The maximum Gasteiger partial charge on any atom is 0.272 e. The molecule has 0 spiro atoms. The zero-order valence-electron chi connectivity index (χ0n) is 13.2. The van der Waals surface area contributed by atoms with Crippen LogP contribution < -0.4 is 10.3 Å². The van der Waals surface area contributed by atoms with E-state index < -0.39 is 0 Å². The normalized spacial score (nSPS) is 11.1. The number of thiophene rings is 1. The molecule has 4 nitrogen and oxygen atoms in total. The summed E-state index contributed by atoms with van der Waals surface area (Å²) in [7, 11) is 0. The Hall–Kier alpha value is -1.50. The summed E-state index contributed by atoms with van der Waals surface area (Å²) >= 11 is 8.97. The molecule has 0 saturated heterocycles. The fourth-order valence-electron chi connectivity index (χ4n) is 2.28. The van der Waals surface area contributed by atoms with E-state index in [0.29, 0.717) is 18.2 Å². The zero-order chi connectivity index (χ0) is 16.9. The molecule has 0 aliphatic carbocycles. The van der Waals surface area contributed by atoms with E-state index in [2.05, 4.69) is 4.98 Å². The van der Waals surface area contributed by atoms with E-state index in [9.17, 15) is 4.79 Å². The van der Waals surface area contributed by atoms with Crippen LogP contribution in [0.5, 0.6) is 5.75 Å². The van der Waals surface area contributed by atoms with Gasteiger partial charge in [0.05, 0.1) is 12.1 Å². The van der Waals surface area contributed by atoms with E-state index in [4.69, 9.17) is 16.3 Å². The van der Waals surface area contributed by atoms with Crippen molar-refractivity contribution in [1.29, 1.82) is 0 Å². The molecule has 0 saturated carbocycles. The lowest BCUT2D eigenvalue weighted by Gasteiger charge is -2.10. The summed E-state index contributed by atoms with van der Waals surface area (Å²) in [6.45, 7) is 3.19. The van der Waals surface area contributed by atoms with E-state index >= 15 is 0 Å².